The molecule has 34 heavy (non-hydrogen) atoms. The molecule has 8 heteroatoms. The van der Waals surface area contributed by atoms with Crippen LogP contribution in [-0.2, 0) is 26.2 Å². The van der Waals surface area contributed by atoms with Crippen LogP contribution < -0.4 is 10.9 Å². The van der Waals surface area contributed by atoms with Crippen molar-refractivity contribution in [2.75, 3.05) is 18.8 Å². The van der Waals surface area contributed by atoms with E-state index in [0.717, 1.165) is 27.1 Å². The van der Waals surface area contributed by atoms with Crippen molar-refractivity contribution in [2.45, 2.75) is 23.8 Å². The molecule has 0 aromatic heterocycles. The van der Waals surface area contributed by atoms with E-state index >= 15 is 0 Å². The second kappa shape index (κ2) is 10.0. The zero-order chi connectivity index (χ0) is 24.1. The zero-order valence-corrected chi connectivity index (χ0v) is 19.9. The van der Waals surface area contributed by atoms with Crippen molar-refractivity contribution in [1.29, 1.82) is 0 Å². The maximum absolute atomic E-state index is 13.5. The smallest absolute Gasteiger partial charge is 0.425 e. The SMILES string of the molecule is COC(=O)NNc1ccc([C@@]2(Cc3ccccc3)N=C(c3ccc(C)cc3)OC2=O)c(SC)c1. The van der Waals surface area contributed by atoms with E-state index in [4.69, 9.17) is 9.73 Å². The number of anilines is 1. The van der Waals surface area contributed by atoms with Crippen molar-refractivity contribution in [2.24, 2.45) is 4.99 Å². The average Bonchev–Trinajstić information content (AvgIpc) is 3.19. The van der Waals surface area contributed by atoms with Crippen molar-refractivity contribution in [3.05, 3.63) is 95.1 Å². The first-order valence-electron chi connectivity index (χ1n) is 10.7. The predicted octanol–water partition coefficient (Wildman–Crippen LogP) is 4.84. The van der Waals surface area contributed by atoms with Gasteiger partial charge in [-0.25, -0.2) is 20.0 Å². The fourth-order valence-corrected chi connectivity index (χ4v) is 4.49. The molecule has 7 nitrogen and oxygen atoms in total. The van der Waals surface area contributed by atoms with E-state index in [9.17, 15) is 9.59 Å². The van der Waals surface area contributed by atoms with E-state index in [1.54, 1.807) is 6.07 Å². The summed E-state index contributed by atoms with van der Waals surface area (Å²) in [6, 6.07) is 23.0. The van der Waals surface area contributed by atoms with E-state index < -0.39 is 17.6 Å². The Kier molecular flexibility index (Phi) is 6.88. The fourth-order valence-electron chi connectivity index (χ4n) is 3.79. The Morgan fingerprint density at radius 3 is 2.50 bits per heavy atom. The number of hydrazine groups is 1. The Balaban J connectivity index is 1.80. The molecule has 0 saturated carbocycles. The normalized spacial score (nSPS) is 17.0. The Morgan fingerprint density at radius 2 is 1.82 bits per heavy atom. The van der Waals surface area contributed by atoms with Crippen LogP contribution >= 0.6 is 11.8 Å². The highest BCUT2D eigenvalue weighted by Gasteiger charge is 2.49. The molecule has 3 aromatic carbocycles. The Labute approximate surface area is 202 Å². The molecule has 2 N–H and O–H groups in total. The van der Waals surface area contributed by atoms with Gasteiger partial charge in [-0.2, -0.15) is 0 Å². The Hall–Kier alpha value is -3.78. The maximum atomic E-state index is 13.5. The average molecular weight is 476 g/mol. The van der Waals surface area contributed by atoms with Gasteiger partial charge in [0.2, 0.25) is 5.90 Å². The molecule has 3 aromatic rings. The molecule has 0 saturated heterocycles. The summed E-state index contributed by atoms with van der Waals surface area (Å²) < 4.78 is 10.4. The predicted molar refractivity (Wildman–Crippen MR) is 133 cm³/mol. The highest BCUT2D eigenvalue weighted by molar-refractivity contribution is 7.98. The van der Waals surface area contributed by atoms with Gasteiger partial charge in [-0.3, -0.25) is 5.43 Å². The topological polar surface area (TPSA) is 89.0 Å². The fraction of sp³-hybridized carbons (Fsp3) is 0.192. The Morgan fingerprint density at radius 1 is 1.09 bits per heavy atom. The largest absolute Gasteiger partial charge is 0.452 e. The number of carbonyl (C=O) groups is 2. The van der Waals surface area contributed by atoms with Crippen LogP contribution in [0.1, 0.15) is 22.3 Å². The number of nitrogens with one attached hydrogen (secondary N) is 2. The number of rotatable bonds is 7. The molecular formula is C26H25N3O4S. The van der Waals surface area contributed by atoms with Crippen LogP contribution in [0, 0.1) is 6.92 Å². The number of hydrogen-bond donors (Lipinski definition) is 2. The highest BCUT2D eigenvalue weighted by atomic mass is 32.2. The molecule has 174 valence electrons. The number of aliphatic imine (C=N–C) groups is 1. The number of amides is 1. The van der Waals surface area contributed by atoms with Gasteiger partial charge >= 0.3 is 12.1 Å². The molecule has 1 aliphatic heterocycles. The molecular weight excluding hydrogens is 450 g/mol. The van der Waals surface area contributed by atoms with Crippen LogP contribution in [0.25, 0.3) is 0 Å². The quantitative estimate of drug-likeness (QED) is 0.289. The molecule has 1 heterocycles. The lowest BCUT2D eigenvalue weighted by Gasteiger charge is -2.25. The summed E-state index contributed by atoms with van der Waals surface area (Å²) in [5.41, 5.74) is 8.21. The summed E-state index contributed by atoms with van der Waals surface area (Å²) in [4.78, 5) is 30.7. The summed E-state index contributed by atoms with van der Waals surface area (Å²) in [6.07, 6.45) is 1.67. The van der Waals surface area contributed by atoms with Crippen LogP contribution in [0.2, 0.25) is 0 Å². The number of carbonyl (C=O) groups excluding carboxylic acids is 2. The molecule has 1 atom stereocenters. The van der Waals surface area contributed by atoms with Crippen LogP contribution in [-0.4, -0.2) is 31.3 Å². The van der Waals surface area contributed by atoms with Crippen molar-refractivity contribution < 1.29 is 19.1 Å². The first-order valence-corrected chi connectivity index (χ1v) is 11.9. The lowest BCUT2D eigenvalue weighted by atomic mass is 9.84. The summed E-state index contributed by atoms with van der Waals surface area (Å²) >= 11 is 1.49. The van der Waals surface area contributed by atoms with Gasteiger partial charge in [0.05, 0.1) is 12.8 Å². The molecule has 0 radical (unpaired) electrons. The number of hydrogen-bond acceptors (Lipinski definition) is 7. The van der Waals surface area contributed by atoms with E-state index in [1.165, 1.54) is 18.9 Å². The minimum absolute atomic E-state index is 0.308. The second-order valence-corrected chi connectivity index (χ2v) is 8.70. The number of nitrogens with zero attached hydrogens (tertiary/aromatic N) is 1. The number of aryl methyl sites for hydroxylation is 1. The minimum Gasteiger partial charge on any atom is -0.452 e. The third-order valence-corrected chi connectivity index (χ3v) is 6.34. The van der Waals surface area contributed by atoms with E-state index in [-0.39, 0.29) is 0 Å². The zero-order valence-electron chi connectivity index (χ0n) is 19.1. The summed E-state index contributed by atoms with van der Waals surface area (Å²) in [5.74, 6) is -0.113. The number of benzene rings is 3. The summed E-state index contributed by atoms with van der Waals surface area (Å²) in [5, 5.41) is 0. The number of methoxy groups -OCH3 is 1. The number of cyclic esters (lactones) is 1. The van der Waals surface area contributed by atoms with Crippen LogP contribution in [0.5, 0.6) is 0 Å². The van der Waals surface area contributed by atoms with E-state index in [0.29, 0.717) is 18.0 Å². The standard InChI is InChI=1S/C26H25N3O4S/c1-17-9-11-19(12-10-17)23-27-26(24(30)33-23,16-18-7-5-4-6-8-18)21-14-13-20(15-22(21)34-3)28-29-25(31)32-2/h4-15,28H,16H2,1-3H3,(H,29,31)/t26-/m1/s1. The first kappa shape index (κ1) is 23.4. The third kappa shape index (κ3) is 4.77. The Bertz CT molecular complexity index is 1230. The molecule has 1 aliphatic rings. The third-order valence-electron chi connectivity index (χ3n) is 5.56. The number of esters is 1. The molecule has 0 fully saturated rings. The minimum atomic E-state index is -1.24. The van der Waals surface area contributed by atoms with Gasteiger partial charge in [-0.1, -0.05) is 54.1 Å². The van der Waals surface area contributed by atoms with Gasteiger partial charge in [-0.15, -0.1) is 11.8 Å². The van der Waals surface area contributed by atoms with Gasteiger partial charge in [-0.05, 0) is 43.0 Å². The monoisotopic (exact) mass is 475 g/mol. The maximum Gasteiger partial charge on any atom is 0.425 e. The van der Waals surface area contributed by atoms with Crippen LogP contribution in [0.4, 0.5) is 10.5 Å². The summed E-state index contributed by atoms with van der Waals surface area (Å²) in [6.45, 7) is 2.00. The lowest BCUT2D eigenvalue weighted by molar-refractivity contribution is -0.139. The van der Waals surface area contributed by atoms with Crippen LogP contribution in [0.3, 0.4) is 0 Å². The van der Waals surface area contributed by atoms with Crippen molar-refractivity contribution in [3.8, 4) is 0 Å². The van der Waals surface area contributed by atoms with E-state index in [1.807, 2.05) is 79.9 Å². The lowest BCUT2D eigenvalue weighted by Crippen LogP contribution is -2.34. The molecule has 1 amide bonds. The number of ether oxygens (including phenoxy) is 2. The van der Waals surface area contributed by atoms with Crippen LogP contribution in [0.15, 0.2) is 82.7 Å². The second-order valence-electron chi connectivity index (χ2n) is 7.85. The highest BCUT2D eigenvalue weighted by Crippen LogP contribution is 2.42. The molecule has 4 rings (SSSR count). The van der Waals surface area contributed by atoms with Gasteiger partial charge in [0.25, 0.3) is 0 Å². The number of thioether (sulfide) groups is 1. The van der Waals surface area contributed by atoms with Gasteiger partial charge in [0, 0.05) is 22.4 Å². The summed E-state index contributed by atoms with van der Waals surface area (Å²) in [7, 11) is 1.29. The first-order chi connectivity index (χ1) is 16.4. The van der Waals surface area contributed by atoms with Crippen molar-refractivity contribution >= 4 is 35.4 Å². The molecule has 0 bridgehead atoms. The van der Waals surface area contributed by atoms with Crippen molar-refractivity contribution in [3.63, 3.8) is 0 Å². The van der Waals surface area contributed by atoms with Gasteiger partial charge in [0.15, 0.2) is 5.54 Å². The van der Waals surface area contributed by atoms with Gasteiger partial charge in [0.1, 0.15) is 0 Å². The molecule has 0 unspecified atom stereocenters. The molecule has 0 aliphatic carbocycles. The van der Waals surface area contributed by atoms with E-state index in [2.05, 4.69) is 15.6 Å². The van der Waals surface area contributed by atoms with Gasteiger partial charge < -0.3 is 9.47 Å². The van der Waals surface area contributed by atoms with Crippen molar-refractivity contribution in [1.82, 2.24) is 5.43 Å². The molecule has 0 spiro atoms.